The fraction of sp³-hybridized carbons (Fsp3) is 0.492. The molecule has 5 aliphatic heterocycles. The van der Waals surface area contributed by atoms with Crippen molar-refractivity contribution >= 4 is 45.1 Å². The number of carbonyl (C=O) groups excluding carboxylic acids is 2. The summed E-state index contributed by atoms with van der Waals surface area (Å²) in [6, 6.07) is 20.7. The van der Waals surface area contributed by atoms with Crippen LogP contribution in [0, 0.1) is 23.6 Å². The normalized spacial score (nSPS) is 21.7. The highest BCUT2D eigenvalue weighted by molar-refractivity contribution is 6.02. The molecule has 0 spiro atoms. The Kier molecular flexibility index (Phi) is 14.9. The number of piperazine rings is 1. The maximum atomic E-state index is 17.1. The molecule has 0 radical (unpaired) electrons. The lowest BCUT2D eigenvalue weighted by atomic mass is 9.83. The summed E-state index contributed by atoms with van der Waals surface area (Å²) in [6.45, 7) is 14.2. The number of pyridine rings is 1. The number of halogens is 1. The summed E-state index contributed by atoms with van der Waals surface area (Å²) in [4.78, 5) is 51.0. The minimum atomic E-state index is -0.820. The van der Waals surface area contributed by atoms with Crippen LogP contribution in [0.1, 0.15) is 95.1 Å². The lowest BCUT2D eigenvalue weighted by Crippen LogP contribution is -2.51. The second-order valence-electron chi connectivity index (χ2n) is 23.5. The number of aliphatic hydroxyl groups excluding tert-OH is 1. The maximum Gasteiger partial charge on any atom is 0.319 e. The zero-order valence-electron chi connectivity index (χ0n) is 46.4. The highest BCUT2D eigenvalue weighted by Gasteiger charge is 2.44. The molecular formula is C61H73FN12O6. The van der Waals surface area contributed by atoms with E-state index in [1.807, 2.05) is 87.1 Å². The van der Waals surface area contributed by atoms with Gasteiger partial charge in [0.1, 0.15) is 41.3 Å². The number of β-amino-alcohol motifs (C(OH)–C–C–N with tert-alkyl or cyclic N) is 1. The van der Waals surface area contributed by atoms with E-state index in [-0.39, 0.29) is 59.7 Å². The number of aromatic nitrogens is 6. The minimum absolute atomic E-state index is 0.0434. The van der Waals surface area contributed by atoms with E-state index >= 15 is 4.39 Å². The molecule has 18 nitrogen and oxygen atoms in total. The molecule has 2 amide bonds. The highest BCUT2D eigenvalue weighted by Crippen LogP contribution is 2.40. The van der Waals surface area contributed by atoms with Crippen LogP contribution in [-0.2, 0) is 23.1 Å². The SMILES string of the molecule is CCc1cccc2cc(O)cc(-c3ncc4c(N5CC6CCC(C5)N6)nc(OCCN5CCC(CC6CN(c7cc([C@H](C(=O)N8C[C@H](O)C[C@H]8C(=O)N[C@@H](C)c8ccc(-c9ccnn9C)cc8)C(C)C)on7)C6)CC5)nc4c3F)c12. The molecule has 4 aromatic heterocycles. The van der Waals surface area contributed by atoms with Gasteiger partial charge in [0.25, 0.3) is 0 Å². The fourth-order valence-corrected chi connectivity index (χ4v) is 13.3. The van der Waals surface area contributed by atoms with Crippen LogP contribution in [0.4, 0.5) is 16.0 Å². The van der Waals surface area contributed by atoms with Crippen LogP contribution < -0.4 is 25.2 Å². The van der Waals surface area contributed by atoms with Gasteiger partial charge in [-0.1, -0.05) is 68.4 Å². The molecule has 5 fully saturated rings. The van der Waals surface area contributed by atoms with Gasteiger partial charge < -0.3 is 44.8 Å². The summed E-state index contributed by atoms with van der Waals surface area (Å²) in [5.41, 5.74) is 4.79. The van der Waals surface area contributed by atoms with Gasteiger partial charge in [0, 0.05) is 88.8 Å². The van der Waals surface area contributed by atoms with Gasteiger partial charge in [-0.3, -0.25) is 24.2 Å². The van der Waals surface area contributed by atoms with Crippen molar-refractivity contribution in [3.05, 3.63) is 102 Å². The van der Waals surface area contributed by atoms with Gasteiger partial charge in [-0.25, -0.2) is 4.39 Å². The van der Waals surface area contributed by atoms with Crippen LogP contribution >= 0.6 is 0 Å². The second-order valence-corrected chi connectivity index (χ2v) is 23.5. The Hall–Kier alpha value is -7.22. The van der Waals surface area contributed by atoms with E-state index in [2.05, 4.69) is 42.5 Å². The van der Waals surface area contributed by atoms with Crippen LogP contribution in [0.15, 0.2) is 83.6 Å². The number of aryl methyl sites for hydroxylation is 2. The number of rotatable bonds is 17. The number of hydrogen-bond acceptors (Lipinski definition) is 15. The molecule has 9 heterocycles. The monoisotopic (exact) mass is 1090 g/mol. The third kappa shape index (κ3) is 10.7. The number of phenolic OH excluding ortho intramolecular Hbond substituents is 1. The van der Waals surface area contributed by atoms with E-state index in [0.29, 0.717) is 65.4 Å². The summed E-state index contributed by atoms with van der Waals surface area (Å²) in [5, 5.41) is 39.3. The largest absolute Gasteiger partial charge is 0.508 e. The van der Waals surface area contributed by atoms with E-state index < -0.39 is 23.9 Å². The third-order valence-corrected chi connectivity index (χ3v) is 17.6. The third-order valence-electron chi connectivity index (χ3n) is 17.6. The van der Waals surface area contributed by atoms with Gasteiger partial charge in [0.2, 0.25) is 11.8 Å². The molecule has 3 aromatic carbocycles. The van der Waals surface area contributed by atoms with Crippen LogP contribution in [0.3, 0.4) is 0 Å². The van der Waals surface area contributed by atoms with E-state index in [1.165, 1.54) is 4.90 Å². The van der Waals surface area contributed by atoms with Gasteiger partial charge in [-0.15, -0.1) is 0 Å². The number of amides is 2. The van der Waals surface area contributed by atoms with E-state index in [0.717, 1.165) is 111 Å². The number of nitrogens with one attached hydrogen (secondary N) is 2. The van der Waals surface area contributed by atoms with Gasteiger partial charge in [-0.2, -0.15) is 15.1 Å². The van der Waals surface area contributed by atoms with Crippen molar-refractivity contribution in [3.63, 3.8) is 0 Å². The molecule has 5 aliphatic rings. The average molecular weight is 1090 g/mol. The zero-order chi connectivity index (χ0) is 55.3. The molecule has 19 heteroatoms. The van der Waals surface area contributed by atoms with E-state index in [1.54, 1.807) is 24.5 Å². The second kappa shape index (κ2) is 22.4. The van der Waals surface area contributed by atoms with Crippen LogP contribution in [0.5, 0.6) is 11.8 Å². The number of nitrogens with zero attached hydrogens (tertiary/aromatic N) is 10. The average Bonchev–Trinajstić information content (AvgIpc) is 4.30. The molecule has 2 unspecified atom stereocenters. The number of fused-ring (bicyclic) bond motifs is 4. The number of likely N-dealkylation sites (tertiary alicyclic amines) is 2. The van der Waals surface area contributed by atoms with Crippen molar-refractivity contribution in [1.29, 1.82) is 0 Å². The number of aliphatic hydroxyl groups is 1. The number of aromatic hydroxyl groups is 1. The maximum absolute atomic E-state index is 17.1. The summed E-state index contributed by atoms with van der Waals surface area (Å²) in [5.74, 6) is 1.02. The zero-order valence-corrected chi connectivity index (χ0v) is 46.4. The number of hydrogen-bond donors (Lipinski definition) is 4. The molecule has 4 N–H and O–H groups in total. The van der Waals surface area contributed by atoms with E-state index in [4.69, 9.17) is 24.2 Å². The molecule has 6 atom stereocenters. The van der Waals surface area contributed by atoms with Gasteiger partial charge in [0.15, 0.2) is 17.4 Å². The van der Waals surface area contributed by atoms with Crippen molar-refractivity contribution in [2.75, 3.05) is 68.8 Å². The fourth-order valence-electron chi connectivity index (χ4n) is 13.3. The van der Waals surface area contributed by atoms with Crippen molar-refractivity contribution in [2.45, 2.75) is 109 Å². The first-order valence-electron chi connectivity index (χ1n) is 28.8. The van der Waals surface area contributed by atoms with Crippen molar-refractivity contribution in [2.24, 2.45) is 24.8 Å². The summed E-state index contributed by atoms with van der Waals surface area (Å²) >= 11 is 0. The number of phenols is 1. The molecule has 80 heavy (non-hydrogen) atoms. The first kappa shape index (κ1) is 53.4. The minimum Gasteiger partial charge on any atom is -0.508 e. The number of piperidine rings is 1. The van der Waals surface area contributed by atoms with Gasteiger partial charge in [-0.05, 0) is 122 Å². The summed E-state index contributed by atoms with van der Waals surface area (Å²) in [6.07, 6.45) is 8.97. The molecule has 12 rings (SSSR count). The molecule has 7 aromatic rings. The Labute approximate surface area is 465 Å². The summed E-state index contributed by atoms with van der Waals surface area (Å²) < 4.78 is 31.2. The van der Waals surface area contributed by atoms with Crippen molar-refractivity contribution in [3.8, 4) is 34.3 Å². The van der Waals surface area contributed by atoms with Crippen LogP contribution in [-0.4, -0.2) is 145 Å². The van der Waals surface area contributed by atoms with Crippen molar-refractivity contribution in [1.82, 2.24) is 50.3 Å². The Morgan fingerprint density at radius 3 is 2.42 bits per heavy atom. The Morgan fingerprint density at radius 2 is 1.70 bits per heavy atom. The molecule has 0 aliphatic carbocycles. The highest BCUT2D eigenvalue weighted by atomic mass is 19.1. The predicted molar refractivity (Wildman–Crippen MR) is 304 cm³/mol. The number of benzene rings is 3. The topological polar surface area (TPSA) is 203 Å². The molecule has 2 bridgehead atoms. The Morgan fingerprint density at radius 1 is 0.925 bits per heavy atom. The smallest absolute Gasteiger partial charge is 0.319 e. The molecular weight excluding hydrogens is 1020 g/mol. The first-order valence-corrected chi connectivity index (χ1v) is 28.8. The standard InChI is InChI=1S/C61H73FN12O6/c1-6-39-8-7-9-42-25-45(75)26-47(54(39)42)56-55(62)57-48(29-63-56)58(73-32-43-14-15-44(33-73)66-43)68-61(67-57)79-23-22-71-20-17-37(18-21-71)24-38-30-72(31-38)52-28-51(80-69-52)53(35(2)3)60(78)74-34-46(76)27-50(74)59(77)65-36(4)40-10-12-41(13-11-40)49-16-19-64-70(49)5/h7-13,16,19,25-26,28-29,35-38,43-44,46,50,53,66,75-76H,6,14-15,17-18,20-24,27,30-34H2,1-5H3,(H,65,77)/t36-,43?,44?,46+,50-,53+/m0/s1. The number of anilines is 2. The molecule has 5 saturated heterocycles. The number of ether oxygens (including phenoxy) is 1. The van der Waals surface area contributed by atoms with Crippen molar-refractivity contribution < 1.29 is 33.5 Å². The van der Waals surface area contributed by atoms with Crippen LogP contribution in [0.25, 0.3) is 44.2 Å². The van der Waals surface area contributed by atoms with Gasteiger partial charge in [0.05, 0.1) is 23.2 Å². The lowest BCUT2D eigenvalue weighted by molar-refractivity contribution is -0.141. The molecule has 420 valence electrons. The van der Waals surface area contributed by atoms with E-state index in [9.17, 15) is 19.8 Å². The number of carbonyl (C=O) groups is 2. The first-order chi connectivity index (χ1) is 38.7. The Balaban J connectivity index is 0.640. The Bertz CT molecular complexity index is 3380. The lowest BCUT2D eigenvalue weighted by Gasteiger charge is -2.42. The molecule has 0 saturated carbocycles. The van der Waals surface area contributed by atoms with Gasteiger partial charge >= 0.3 is 6.01 Å². The quantitative estimate of drug-likeness (QED) is 0.0688. The van der Waals surface area contributed by atoms with Crippen LogP contribution in [0.2, 0.25) is 0 Å². The predicted octanol–water partition coefficient (Wildman–Crippen LogP) is 7.78. The summed E-state index contributed by atoms with van der Waals surface area (Å²) in [7, 11) is 1.90.